The Balaban J connectivity index is 2.05. The molecule has 2 amide bonds. The van der Waals surface area contributed by atoms with Crippen molar-refractivity contribution < 1.29 is 9.59 Å². The fourth-order valence-electron chi connectivity index (χ4n) is 1.91. The van der Waals surface area contributed by atoms with Crippen LogP contribution in [0.15, 0.2) is 46.9 Å². The van der Waals surface area contributed by atoms with Crippen molar-refractivity contribution in [2.24, 2.45) is 0 Å². The monoisotopic (exact) mass is 472 g/mol. The van der Waals surface area contributed by atoms with E-state index in [-0.39, 0.29) is 11.8 Å². The maximum absolute atomic E-state index is 12.2. The number of carbonyl (C=O) groups excluding carboxylic acids is 2. The Morgan fingerprint density at radius 1 is 1.18 bits per heavy atom. The van der Waals surface area contributed by atoms with Crippen molar-refractivity contribution >= 4 is 56.0 Å². The second kappa shape index (κ2) is 7.73. The molecule has 0 unspecified atom stereocenters. The number of halogens is 2. The number of nitrogens with one attached hydrogen (secondary N) is 2. The van der Waals surface area contributed by atoms with Crippen LogP contribution in [-0.2, 0) is 11.3 Å². The van der Waals surface area contributed by atoms with Crippen LogP contribution >= 0.6 is 38.5 Å². The first-order valence-electron chi connectivity index (χ1n) is 6.55. The minimum Gasteiger partial charge on any atom is -0.348 e. The molecule has 0 aliphatic heterocycles. The topological polar surface area (TPSA) is 58.2 Å². The summed E-state index contributed by atoms with van der Waals surface area (Å²) in [5.41, 5.74) is 2.27. The molecule has 22 heavy (non-hydrogen) atoms. The van der Waals surface area contributed by atoms with Crippen LogP contribution in [0.1, 0.15) is 22.8 Å². The van der Waals surface area contributed by atoms with Crippen LogP contribution in [0.5, 0.6) is 0 Å². The Kier molecular flexibility index (Phi) is 5.96. The summed E-state index contributed by atoms with van der Waals surface area (Å²) in [6.07, 6.45) is 0. The summed E-state index contributed by atoms with van der Waals surface area (Å²) >= 11 is 5.51. The smallest absolute Gasteiger partial charge is 0.252 e. The van der Waals surface area contributed by atoms with Crippen molar-refractivity contribution in [2.45, 2.75) is 13.5 Å². The molecule has 0 aromatic heterocycles. The zero-order valence-electron chi connectivity index (χ0n) is 11.8. The van der Waals surface area contributed by atoms with E-state index in [0.717, 1.165) is 19.3 Å². The second-order valence-corrected chi connectivity index (χ2v) is 6.77. The third kappa shape index (κ3) is 4.81. The highest BCUT2D eigenvalue weighted by Gasteiger charge is 2.10. The van der Waals surface area contributed by atoms with Crippen molar-refractivity contribution in [2.75, 3.05) is 5.32 Å². The first-order chi connectivity index (χ1) is 10.5. The van der Waals surface area contributed by atoms with E-state index in [0.29, 0.717) is 12.1 Å². The van der Waals surface area contributed by atoms with Crippen molar-refractivity contribution in [1.29, 1.82) is 0 Å². The molecule has 2 N–H and O–H groups in total. The highest BCUT2D eigenvalue weighted by molar-refractivity contribution is 14.1. The largest absolute Gasteiger partial charge is 0.348 e. The summed E-state index contributed by atoms with van der Waals surface area (Å²) < 4.78 is 1.76. The Hall–Kier alpha value is -1.41. The van der Waals surface area contributed by atoms with Gasteiger partial charge in [-0.05, 0) is 58.5 Å². The summed E-state index contributed by atoms with van der Waals surface area (Å²) in [7, 11) is 0. The van der Waals surface area contributed by atoms with Crippen LogP contribution < -0.4 is 10.6 Å². The van der Waals surface area contributed by atoms with Crippen molar-refractivity contribution in [3.05, 3.63) is 61.6 Å². The molecule has 4 nitrogen and oxygen atoms in total. The van der Waals surface area contributed by atoms with Gasteiger partial charge in [0.2, 0.25) is 5.91 Å². The van der Waals surface area contributed by atoms with Crippen LogP contribution in [0.4, 0.5) is 5.69 Å². The maximum atomic E-state index is 12.2. The number of carbonyl (C=O) groups is 2. The normalized spacial score (nSPS) is 10.1. The van der Waals surface area contributed by atoms with E-state index in [9.17, 15) is 9.59 Å². The zero-order valence-corrected chi connectivity index (χ0v) is 15.6. The second-order valence-electron chi connectivity index (χ2n) is 4.69. The fourth-order valence-corrected chi connectivity index (χ4v) is 2.85. The molecule has 0 spiro atoms. The number of benzene rings is 2. The van der Waals surface area contributed by atoms with Crippen molar-refractivity contribution in [1.82, 2.24) is 5.32 Å². The number of amides is 2. The van der Waals surface area contributed by atoms with Gasteiger partial charge in [-0.15, -0.1) is 0 Å². The lowest BCUT2D eigenvalue weighted by Gasteiger charge is -2.09. The molecule has 6 heteroatoms. The maximum Gasteiger partial charge on any atom is 0.252 e. The molecule has 2 aromatic rings. The Labute approximate surface area is 151 Å². The van der Waals surface area contributed by atoms with Crippen LogP contribution in [0, 0.1) is 3.57 Å². The highest BCUT2D eigenvalue weighted by Crippen LogP contribution is 2.18. The molecule has 0 aliphatic rings. The van der Waals surface area contributed by atoms with E-state index in [1.54, 1.807) is 6.07 Å². The molecule has 0 saturated heterocycles. The molecule has 0 radical (unpaired) electrons. The molecule has 0 bridgehead atoms. The number of hydrogen-bond acceptors (Lipinski definition) is 2. The third-order valence-corrected chi connectivity index (χ3v) is 4.31. The Morgan fingerprint density at radius 2 is 1.95 bits per heavy atom. The highest BCUT2D eigenvalue weighted by atomic mass is 127. The van der Waals surface area contributed by atoms with Gasteiger partial charge in [-0.1, -0.05) is 28.1 Å². The molecule has 0 fully saturated rings. The van der Waals surface area contributed by atoms with Crippen molar-refractivity contribution in [3.63, 3.8) is 0 Å². The molecule has 0 saturated carbocycles. The van der Waals surface area contributed by atoms with Gasteiger partial charge in [0, 0.05) is 27.2 Å². The van der Waals surface area contributed by atoms with Gasteiger partial charge in [-0.2, -0.15) is 0 Å². The van der Waals surface area contributed by atoms with Gasteiger partial charge in [0.1, 0.15) is 0 Å². The van der Waals surface area contributed by atoms with E-state index in [1.807, 2.05) is 36.4 Å². The third-order valence-electron chi connectivity index (χ3n) is 2.87. The lowest BCUT2D eigenvalue weighted by Crippen LogP contribution is -2.23. The minimum absolute atomic E-state index is 0.120. The molecule has 114 valence electrons. The van der Waals surface area contributed by atoms with Crippen LogP contribution in [0.25, 0.3) is 0 Å². The quantitative estimate of drug-likeness (QED) is 0.662. The van der Waals surface area contributed by atoms with Gasteiger partial charge in [0.15, 0.2) is 0 Å². The van der Waals surface area contributed by atoms with Gasteiger partial charge in [-0.25, -0.2) is 0 Å². The van der Waals surface area contributed by atoms with Gasteiger partial charge >= 0.3 is 0 Å². The number of hydrogen-bond donors (Lipinski definition) is 2. The SMILES string of the molecule is CC(=O)Nc1cccc(CNC(=O)c2cc(Br)ccc2I)c1. The first kappa shape index (κ1) is 17.0. The molecule has 0 heterocycles. The predicted molar refractivity (Wildman–Crippen MR) is 98.8 cm³/mol. The summed E-state index contributed by atoms with van der Waals surface area (Å²) in [5, 5.41) is 5.61. The van der Waals surface area contributed by atoms with Gasteiger partial charge in [-0.3, -0.25) is 9.59 Å². The molecular formula is C16H14BrIN2O2. The minimum atomic E-state index is -0.129. The standard InChI is InChI=1S/C16H14BrIN2O2/c1-10(21)20-13-4-2-3-11(7-13)9-19-16(22)14-8-12(17)5-6-15(14)18/h2-8H,9H2,1H3,(H,19,22)(H,20,21). The summed E-state index contributed by atoms with van der Waals surface area (Å²) in [6, 6.07) is 13.0. The zero-order chi connectivity index (χ0) is 16.1. The fraction of sp³-hybridized carbons (Fsp3) is 0.125. The van der Waals surface area contributed by atoms with Crippen molar-refractivity contribution in [3.8, 4) is 0 Å². The van der Waals surface area contributed by atoms with E-state index in [2.05, 4.69) is 49.2 Å². The average Bonchev–Trinajstić information content (AvgIpc) is 2.47. The summed E-state index contributed by atoms with van der Waals surface area (Å²) in [4.78, 5) is 23.3. The van der Waals surface area contributed by atoms with Gasteiger partial charge < -0.3 is 10.6 Å². The van der Waals surface area contributed by atoms with Gasteiger partial charge in [0.05, 0.1) is 5.56 Å². The molecule has 0 aliphatic carbocycles. The lowest BCUT2D eigenvalue weighted by atomic mass is 10.1. The van der Waals surface area contributed by atoms with E-state index in [1.165, 1.54) is 6.92 Å². The van der Waals surface area contributed by atoms with E-state index < -0.39 is 0 Å². The molecule has 2 aromatic carbocycles. The number of rotatable bonds is 4. The predicted octanol–water partition coefficient (Wildman–Crippen LogP) is 3.94. The molecular weight excluding hydrogens is 459 g/mol. The number of anilines is 1. The van der Waals surface area contributed by atoms with E-state index in [4.69, 9.17) is 0 Å². The molecule has 2 rings (SSSR count). The average molecular weight is 473 g/mol. The first-order valence-corrected chi connectivity index (χ1v) is 8.42. The van der Waals surface area contributed by atoms with Gasteiger partial charge in [0.25, 0.3) is 5.91 Å². The van der Waals surface area contributed by atoms with E-state index >= 15 is 0 Å². The summed E-state index contributed by atoms with van der Waals surface area (Å²) in [5.74, 6) is -0.250. The Morgan fingerprint density at radius 3 is 2.68 bits per heavy atom. The van der Waals surface area contributed by atoms with Crippen LogP contribution in [0.2, 0.25) is 0 Å². The van der Waals surface area contributed by atoms with Crippen LogP contribution in [0.3, 0.4) is 0 Å². The van der Waals surface area contributed by atoms with Crippen LogP contribution in [-0.4, -0.2) is 11.8 Å². The molecule has 0 atom stereocenters. The lowest BCUT2D eigenvalue weighted by molar-refractivity contribution is -0.114. The summed E-state index contributed by atoms with van der Waals surface area (Å²) in [6.45, 7) is 1.86. The Bertz CT molecular complexity index is 719.